The first-order chi connectivity index (χ1) is 17.0. The number of rotatable bonds is 10. The number of benzene rings is 2. The minimum absolute atomic E-state index is 0.186. The van der Waals surface area contributed by atoms with Gasteiger partial charge in [0.05, 0.1) is 12.8 Å². The molecule has 1 amide bonds. The van der Waals surface area contributed by atoms with E-state index in [2.05, 4.69) is 21.9 Å². The summed E-state index contributed by atoms with van der Waals surface area (Å²) >= 11 is 0. The number of carbonyl (C=O) groups excluding carboxylic acids is 1. The minimum Gasteiger partial charge on any atom is -0.493 e. The molecule has 2 fully saturated rings. The highest BCUT2D eigenvalue weighted by Crippen LogP contribution is 2.39. The number of carboxylic acids is 1. The molecule has 35 heavy (non-hydrogen) atoms. The van der Waals surface area contributed by atoms with Gasteiger partial charge >= 0.3 is 5.97 Å². The lowest BCUT2D eigenvalue weighted by Gasteiger charge is -2.48. The molecule has 2 heterocycles. The zero-order chi connectivity index (χ0) is 24.6. The third-order valence-corrected chi connectivity index (χ3v) is 6.60. The second kappa shape index (κ2) is 12.0. The molecule has 4 rings (SSSR count). The lowest BCUT2D eigenvalue weighted by Crippen LogP contribution is -2.52. The van der Waals surface area contributed by atoms with E-state index in [1.54, 1.807) is 11.6 Å². The number of amides is 1. The van der Waals surface area contributed by atoms with E-state index < -0.39 is 5.97 Å². The predicted molar refractivity (Wildman–Crippen MR) is 133 cm³/mol. The largest absolute Gasteiger partial charge is 0.493 e. The topological polar surface area (TPSA) is 102 Å². The highest BCUT2D eigenvalue weighted by Gasteiger charge is 2.35. The van der Waals surface area contributed by atoms with E-state index in [9.17, 15) is 9.59 Å². The van der Waals surface area contributed by atoms with Gasteiger partial charge < -0.3 is 9.84 Å². The molecule has 0 aromatic heterocycles. The van der Waals surface area contributed by atoms with Gasteiger partial charge in [0.1, 0.15) is 5.75 Å². The Hall–Kier alpha value is -3.20. The van der Waals surface area contributed by atoms with Crippen molar-refractivity contribution in [1.82, 2.24) is 15.3 Å². The van der Waals surface area contributed by atoms with Crippen LogP contribution in [0.2, 0.25) is 0 Å². The van der Waals surface area contributed by atoms with Crippen LogP contribution in [0.3, 0.4) is 0 Å². The lowest BCUT2D eigenvalue weighted by atomic mass is 9.96. The van der Waals surface area contributed by atoms with E-state index in [1.807, 2.05) is 30.3 Å². The minimum atomic E-state index is -0.964. The first-order valence-corrected chi connectivity index (χ1v) is 12.2. The van der Waals surface area contributed by atoms with Gasteiger partial charge in [-0.1, -0.05) is 30.3 Å². The monoisotopic (exact) mass is 479 g/mol. The average molecular weight is 480 g/mol. The van der Waals surface area contributed by atoms with Crippen LogP contribution in [0.4, 0.5) is 0 Å². The fraction of sp³-hybridized carbons (Fsp3) is 0.407. The molecule has 3 N–H and O–H groups in total. The van der Waals surface area contributed by atoms with Gasteiger partial charge in [-0.3, -0.25) is 19.8 Å². The number of carbonyl (C=O) groups is 2. The van der Waals surface area contributed by atoms with Gasteiger partial charge in [-0.05, 0) is 60.6 Å². The number of hydrogen-bond acceptors (Lipinski definition) is 6. The fourth-order valence-electron chi connectivity index (χ4n) is 4.93. The van der Waals surface area contributed by atoms with Crippen molar-refractivity contribution in [1.29, 1.82) is 0 Å². The molecule has 0 unspecified atom stereocenters. The molecule has 2 bridgehead atoms. The molecular formula is C27H33N3O5. The van der Waals surface area contributed by atoms with Crippen LogP contribution in [0.5, 0.6) is 5.75 Å². The van der Waals surface area contributed by atoms with Crippen molar-refractivity contribution in [3.63, 3.8) is 0 Å². The Morgan fingerprint density at radius 1 is 0.971 bits per heavy atom. The van der Waals surface area contributed by atoms with Crippen molar-refractivity contribution in [2.24, 2.45) is 0 Å². The predicted octanol–water partition coefficient (Wildman–Crippen LogP) is 3.92. The Morgan fingerprint density at radius 2 is 1.63 bits per heavy atom. The van der Waals surface area contributed by atoms with E-state index in [0.29, 0.717) is 13.0 Å². The fourth-order valence-corrected chi connectivity index (χ4v) is 4.93. The summed E-state index contributed by atoms with van der Waals surface area (Å²) in [5.41, 5.74) is 5.81. The number of fused-ring (bicyclic) bond motifs is 2. The first kappa shape index (κ1) is 24.9. The van der Waals surface area contributed by atoms with E-state index in [-0.39, 0.29) is 18.5 Å². The number of unbranched alkanes of at least 4 members (excludes halogenated alkanes) is 1. The van der Waals surface area contributed by atoms with Gasteiger partial charge in [0, 0.05) is 44.2 Å². The first-order valence-electron chi connectivity index (χ1n) is 12.2. The van der Waals surface area contributed by atoms with Crippen molar-refractivity contribution in [2.45, 2.75) is 38.3 Å². The molecule has 2 aliphatic rings. The molecule has 0 saturated carbocycles. The molecule has 8 nitrogen and oxygen atoms in total. The molecule has 2 aromatic carbocycles. The number of nitrogens with zero attached hydrogens (tertiary/aromatic N) is 2. The van der Waals surface area contributed by atoms with E-state index in [0.717, 1.165) is 66.7 Å². The summed E-state index contributed by atoms with van der Waals surface area (Å²) in [5.74, 6) is -0.477. The molecule has 0 atom stereocenters. The van der Waals surface area contributed by atoms with Crippen molar-refractivity contribution in [3.05, 3.63) is 59.7 Å². The summed E-state index contributed by atoms with van der Waals surface area (Å²) in [6.07, 6.45) is 6.89. The zero-order valence-electron chi connectivity index (χ0n) is 19.9. The molecule has 2 aliphatic heterocycles. The quantitative estimate of drug-likeness (QED) is 0.205. The Kier molecular flexibility index (Phi) is 8.52. The second-order valence-electron chi connectivity index (χ2n) is 9.04. The molecule has 8 heteroatoms. The Balaban J connectivity index is 1.56. The van der Waals surface area contributed by atoms with E-state index in [1.165, 1.54) is 12.8 Å². The standard InChI is InChI=1S/C27H33N3O5/c31-25(28-34)5-1-2-18-35-24-12-11-22(21-9-6-20(7-10-21)8-13-26(32)33)19-23(24)27-29-14-3-15-30(27)17-4-16-29/h6-13,19,27,34H,1-5,14-18H2,(H,28,31)(H,32,33)/b13-8+. The van der Waals surface area contributed by atoms with Crippen LogP contribution in [0.1, 0.15) is 49.4 Å². The average Bonchev–Trinajstić information content (AvgIpc) is 2.87. The van der Waals surface area contributed by atoms with Gasteiger partial charge in [-0.25, -0.2) is 10.3 Å². The Bertz CT molecular complexity index is 1030. The Labute approximate surface area is 205 Å². The van der Waals surface area contributed by atoms with Crippen molar-refractivity contribution in [3.8, 4) is 16.9 Å². The lowest BCUT2D eigenvalue weighted by molar-refractivity contribution is -0.131. The summed E-state index contributed by atoms with van der Waals surface area (Å²) in [7, 11) is 0. The third kappa shape index (κ3) is 6.48. The maximum atomic E-state index is 11.2. The van der Waals surface area contributed by atoms with Crippen LogP contribution in [0.15, 0.2) is 48.5 Å². The van der Waals surface area contributed by atoms with Crippen LogP contribution >= 0.6 is 0 Å². The van der Waals surface area contributed by atoms with Crippen LogP contribution < -0.4 is 10.2 Å². The molecule has 2 aromatic rings. The van der Waals surface area contributed by atoms with Gasteiger partial charge in [-0.15, -0.1) is 0 Å². The van der Waals surface area contributed by atoms with Gasteiger partial charge in [-0.2, -0.15) is 0 Å². The number of nitrogens with one attached hydrogen (secondary N) is 1. The number of hydroxylamine groups is 1. The summed E-state index contributed by atoms with van der Waals surface area (Å²) in [5, 5.41) is 17.5. The van der Waals surface area contributed by atoms with Crippen molar-refractivity contribution >= 4 is 18.0 Å². The second-order valence-corrected chi connectivity index (χ2v) is 9.04. The zero-order valence-corrected chi connectivity index (χ0v) is 19.9. The number of hydrogen-bond donors (Lipinski definition) is 3. The maximum absolute atomic E-state index is 11.2. The molecule has 0 radical (unpaired) electrons. The molecular weight excluding hydrogens is 446 g/mol. The number of carboxylic acid groups (broad SMARTS) is 1. The number of ether oxygens (including phenoxy) is 1. The maximum Gasteiger partial charge on any atom is 0.328 e. The summed E-state index contributed by atoms with van der Waals surface area (Å²) in [4.78, 5) is 27.1. The molecule has 0 aliphatic carbocycles. The van der Waals surface area contributed by atoms with Crippen LogP contribution in [0.25, 0.3) is 17.2 Å². The molecule has 2 saturated heterocycles. The molecule has 186 valence electrons. The van der Waals surface area contributed by atoms with Gasteiger partial charge in [0.15, 0.2) is 0 Å². The third-order valence-electron chi connectivity index (χ3n) is 6.60. The van der Waals surface area contributed by atoms with E-state index in [4.69, 9.17) is 15.1 Å². The number of aliphatic carboxylic acids is 1. The normalized spacial score (nSPS) is 21.6. The summed E-state index contributed by atoms with van der Waals surface area (Å²) in [6.45, 7) is 4.80. The van der Waals surface area contributed by atoms with Gasteiger partial charge in [0.2, 0.25) is 5.91 Å². The Morgan fingerprint density at radius 3 is 2.26 bits per heavy atom. The smallest absolute Gasteiger partial charge is 0.328 e. The van der Waals surface area contributed by atoms with Crippen molar-refractivity contribution < 1.29 is 24.6 Å². The van der Waals surface area contributed by atoms with Crippen LogP contribution in [-0.4, -0.2) is 64.8 Å². The van der Waals surface area contributed by atoms with E-state index >= 15 is 0 Å². The SMILES string of the molecule is O=C(O)/C=C/c1ccc(-c2ccc(OCCCCC(=O)NO)c(C3N4CCCN3CCC4)c2)cc1. The van der Waals surface area contributed by atoms with Crippen LogP contribution in [0, 0.1) is 0 Å². The highest BCUT2D eigenvalue weighted by molar-refractivity contribution is 5.85. The van der Waals surface area contributed by atoms with Crippen LogP contribution in [-0.2, 0) is 9.59 Å². The summed E-state index contributed by atoms with van der Waals surface area (Å²) < 4.78 is 6.22. The van der Waals surface area contributed by atoms with Gasteiger partial charge in [0.25, 0.3) is 0 Å². The van der Waals surface area contributed by atoms with Crippen molar-refractivity contribution in [2.75, 3.05) is 32.8 Å². The summed E-state index contributed by atoms with van der Waals surface area (Å²) in [6, 6.07) is 14.2. The molecule has 0 spiro atoms. The highest BCUT2D eigenvalue weighted by atomic mass is 16.5.